The van der Waals surface area contributed by atoms with E-state index in [0.29, 0.717) is 6.04 Å². The van der Waals surface area contributed by atoms with Crippen molar-refractivity contribution in [2.45, 2.75) is 39.3 Å². The average molecular weight is 247 g/mol. The summed E-state index contributed by atoms with van der Waals surface area (Å²) < 4.78 is 11.1. The van der Waals surface area contributed by atoms with Gasteiger partial charge in [0.1, 0.15) is 5.76 Å². The molecule has 0 atom stereocenters. The van der Waals surface area contributed by atoms with Crippen LogP contribution in [0.1, 0.15) is 32.4 Å². The minimum Gasteiger partial charge on any atom is -0.493 e. The van der Waals surface area contributed by atoms with Crippen molar-refractivity contribution >= 4 is 11.0 Å². The van der Waals surface area contributed by atoms with E-state index in [1.54, 1.807) is 7.11 Å². The molecule has 0 aliphatic carbocycles. The molecule has 0 fully saturated rings. The molecule has 0 saturated carbocycles. The van der Waals surface area contributed by atoms with Gasteiger partial charge in [0.2, 0.25) is 0 Å². The number of rotatable bonds is 6. The molecule has 0 saturated heterocycles. The van der Waals surface area contributed by atoms with E-state index in [2.05, 4.69) is 25.2 Å². The first-order chi connectivity index (χ1) is 8.78. The molecule has 18 heavy (non-hydrogen) atoms. The van der Waals surface area contributed by atoms with Crippen LogP contribution in [0.2, 0.25) is 0 Å². The molecule has 1 aromatic carbocycles. The minimum absolute atomic E-state index is 0.556. The van der Waals surface area contributed by atoms with E-state index in [1.165, 1.54) is 0 Å². The topological polar surface area (TPSA) is 34.4 Å². The lowest BCUT2D eigenvalue weighted by Crippen LogP contribution is -2.26. The van der Waals surface area contributed by atoms with Crippen molar-refractivity contribution in [2.24, 2.45) is 0 Å². The van der Waals surface area contributed by atoms with Crippen molar-refractivity contribution in [2.75, 3.05) is 7.11 Å². The van der Waals surface area contributed by atoms with Gasteiger partial charge in [-0.15, -0.1) is 0 Å². The largest absolute Gasteiger partial charge is 0.493 e. The summed E-state index contributed by atoms with van der Waals surface area (Å²) in [6.07, 6.45) is 2.28. The van der Waals surface area contributed by atoms with Gasteiger partial charge >= 0.3 is 0 Å². The van der Waals surface area contributed by atoms with Crippen LogP contribution >= 0.6 is 0 Å². The van der Waals surface area contributed by atoms with E-state index < -0.39 is 0 Å². The van der Waals surface area contributed by atoms with Crippen molar-refractivity contribution in [3.05, 3.63) is 30.0 Å². The number of hydrogen-bond donors (Lipinski definition) is 1. The predicted octanol–water partition coefficient (Wildman–Crippen LogP) is 3.72. The summed E-state index contributed by atoms with van der Waals surface area (Å²) in [6.45, 7) is 5.16. The first-order valence-corrected chi connectivity index (χ1v) is 6.57. The fourth-order valence-electron chi connectivity index (χ4n) is 2.16. The summed E-state index contributed by atoms with van der Waals surface area (Å²) in [5.74, 6) is 1.75. The lowest BCUT2D eigenvalue weighted by molar-refractivity contribution is 0.401. The first-order valence-electron chi connectivity index (χ1n) is 6.57. The Labute approximate surface area is 108 Å². The molecule has 0 radical (unpaired) electrons. The Morgan fingerprint density at radius 1 is 1.28 bits per heavy atom. The number of para-hydroxylation sites is 1. The van der Waals surface area contributed by atoms with Crippen LogP contribution < -0.4 is 10.1 Å². The highest BCUT2D eigenvalue weighted by atomic mass is 16.5. The van der Waals surface area contributed by atoms with Gasteiger partial charge in [0, 0.05) is 11.4 Å². The van der Waals surface area contributed by atoms with Crippen molar-refractivity contribution in [1.29, 1.82) is 0 Å². The standard InChI is InChI=1S/C15H21NO2/c1-4-12(5-2)16-10-13-9-11-7-6-8-14(17-3)15(11)18-13/h6-9,12,16H,4-5,10H2,1-3H3. The molecule has 0 amide bonds. The van der Waals surface area contributed by atoms with Gasteiger partial charge in [0.15, 0.2) is 11.3 Å². The van der Waals surface area contributed by atoms with Gasteiger partial charge in [0.25, 0.3) is 0 Å². The van der Waals surface area contributed by atoms with E-state index in [1.807, 2.05) is 18.2 Å². The number of furan rings is 1. The van der Waals surface area contributed by atoms with Crippen LogP contribution in [-0.4, -0.2) is 13.2 Å². The Morgan fingerprint density at radius 2 is 2.06 bits per heavy atom. The van der Waals surface area contributed by atoms with Crippen LogP contribution in [0.5, 0.6) is 5.75 Å². The highest BCUT2D eigenvalue weighted by molar-refractivity contribution is 5.83. The monoisotopic (exact) mass is 247 g/mol. The van der Waals surface area contributed by atoms with Crippen molar-refractivity contribution in [1.82, 2.24) is 5.32 Å². The summed E-state index contributed by atoms with van der Waals surface area (Å²) in [5.41, 5.74) is 0.835. The Balaban J connectivity index is 2.15. The number of benzene rings is 1. The highest BCUT2D eigenvalue weighted by Gasteiger charge is 2.09. The third-order valence-corrected chi connectivity index (χ3v) is 3.33. The van der Waals surface area contributed by atoms with Gasteiger partial charge in [-0.1, -0.05) is 26.0 Å². The second kappa shape index (κ2) is 5.91. The van der Waals surface area contributed by atoms with Crippen molar-refractivity contribution < 1.29 is 9.15 Å². The van der Waals surface area contributed by atoms with E-state index >= 15 is 0 Å². The molecule has 1 N–H and O–H groups in total. The summed E-state index contributed by atoms with van der Waals surface area (Å²) in [5, 5.41) is 4.59. The molecule has 0 spiro atoms. The van der Waals surface area contributed by atoms with Crippen molar-refractivity contribution in [3.63, 3.8) is 0 Å². The van der Waals surface area contributed by atoms with E-state index in [4.69, 9.17) is 9.15 Å². The smallest absolute Gasteiger partial charge is 0.176 e. The molecular weight excluding hydrogens is 226 g/mol. The molecule has 0 bridgehead atoms. The second-order valence-corrected chi connectivity index (χ2v) is 4.49. The lowest BCUT2D eigenvalue weighted by atomic mass is 10.2. The average Bonchev–Trinajstić information content (AvgIpc) is 2.82. The maximum Gasteiger partial charge on any atom is 0.176 e. The van der Waals surface area contributed by atoms with Crippen LogP contribution in [0.3, 0.4) is 0 Å². The minimum atomic E-state index is 0.556. The number of fused-ring (bicyclic) bond motifs is 1. The number of hydrogen-bond acceptors (Lipinski definition) is 3. The predicted molar refractivity (Wildman–Crippen MR) is 74.0 cm³/mol. The normalized spacial score (nSPS) is 11.3. The van der Waals surface area contributed by atoms with E-state index in [0.717, 1.165) is 41.9 Å². The Kier molecular flexibility index (Phi) is 4.26. The van der Waals surface area contributed by atoms with Crippen LogP contribution in [0, 0.1) is 0 Å². The molecule has 2 rings (SSSR count). The SMILES string of the molecule is CCC(CC)NCc1cc2cccc(OC)c2o1. The lowest BCUT2D eigenvalue weighted by Gasteiger charge is -2.12. The molecule has 0 aliphatic heterocycles. The maximum atomic E-state index is 5.84. The Morgan fingerprint density at radius 3 is 2.72 bits per heavy atom. The van der Waals surface area contributed by atoms with Crippen LogP contribution in [-0.2, 0) is 6.54 Å². The molecular formula is C15H21NO2. The fourth-order valence-corrected chi connectivity index (χ4v) is 2.16. The van der Waals surface area contributed by atoms with Gasteiger partial charge in [-0.3, -0.25) is 0 Å². The molecule has 1 heterocycles. The molecule has 0 aliphatic rings. The zero-order valence-corrected chi connectivity index (χ0v) is 11.3. The van der Waals surface area contributed by atoms with Crippen LogP contribution in [0.15, 0.2) is 28.7 Å². The van der Waals surface area contributed by atoms with E-state index in [-0.39, 0.29) is 0 Å². The number of methoxy groups -OCH3 is 1. The first kappa shape index (κ1) is 13.0. The summed E-state index contributed by atoms with van der Waals surface area (Å²) >= 11 is 0. The van der Waals surface area contributed by atoms with Gasteiger partial charge in [-0.05, 0) is 25.0 Å². The molecule has 0 unspecified atom stereocenters. The quantitative estimate of drug-likeness (QED) is 0.844. The highest BCUT2D eigenvalue weighted by Crippen LogP contribution is 2.28. The fraction of sp³-hybridized carbons (Fsp3) is 0.467. The Bertz CT molecular complexity index is 500. The molecule has 3 nitrogen and oxygen atoms in total. The molecule has 98 valence electrons. The van der Waals surface area contributed by atoms with Gasteiger partial charge in [-0.2, -0.15) is 0 Å². The second-order valence-electron chi connectivity index (χ2n) is 4.49. The molecule has 1 aromatic heterocycles. The van der Waals surface area contributed by atoms with Gasteiger partial charge < -0.3 is 14.5 Å². The third-order valence-electron chi connectivity index (χ3n) is 3.33. The van der Waals surface area contributed by atoms with Gasteiger partial charge in [0.05, 0.1) is 13.7 Å². The maximum absolute atomic E-state index is 5.84. The Hall–Kier alpha value is -1.48. The van der Waals surface area contributed by atoms with Gasteiger partial charge in [-0.25, -0.2) is 0 Å². The summed E-state index contributed by atoms with van der Waals surface area (Å²) in [7, 11) is 1.67. The van der Waals surface area contributed by atoms with Crippen molar-refractivity contribution in [3.8, 4) is 5.75 Å². The number of nitrogens with one attached hydrogen (secondary N) is 1. The summed E-state index contributed by atoms with van der Waals surface area (Å²) in [6, 6.07) is 8.58. The molecule has 2 aromatic rings. The zero-order valence-electron chi connectivity index (χ0n) is 11.3. The van der Waals surface area contributed by atoms with E-state index in [9.17, 15) is 0 Å². The summed E-state index contributed by atoms with van der Waals surface area (Å²) in [4.78, 5) is 0. The van der Waals surface area contributed by atoms with Crippen LogP contribution in [0.4, 0.5) is 0 Å². The van der Waals surface area contributed by atoms with Crippen LogP contribution in [0.25, 0.3) is 11.0 Å². The number of ether oxygens (including phenoxy) is 1. The third kappa shape index (κ3) is 2.67. The molecule has 3 heteroatoms. The zero-order chi connectivity index (χ0) is 13.0.